The van der Waals surface area contributed by atoms with E-state index >= 15 is 0 Å². The van der Waals surface area contributed by atoms with Crippen molar-refractivity contribution >= 4 is 0 Å². The van der Waals surface area contributed by atoms with Gasteiger partial charge in [0.05, 0.1) is 0 Å². The lowest BCUT2D eigenvalue weighted by Gasteiger charge is -2.22. The minimum absolute atomic E-state index is 0.414. The molecule has 1 N–H and O–H groups in total. The smallest absolute Gasteiger partial charge is 0.0256 e. The zero-order chi connectivity index (χ0) is 10.2. The van der Waals surface area contributed by atoms with Crippen molar-refractivity contribution in [1.82, 2.24) is 5.32 Å². The molecule has 2 rings (SSSR count). The monoisotopic (exact) mass is 189 g/mol. The number of rotatable bonds is 0. The lowest BCUT2D eigenvalue weighted by molar-refractivity contribution is 0.359. The first-order chi connectivity index (χ1) is 6.63. The summed E-state index contributed by atoms with van der Waals surface area (Å²) in [5.74, 6) is 1.57. The number of hydrogen-bond donors (Lipinski definition) is 1. The van der Waals surface area contributed by atoms with Crippen LogP contribution < -0.4 is 5.32 Å². The van der Waals surface area contributed by atoms with Gasteiger partial charge in [0.2, 0.25) is 0 Å². The first-order valence-electron chi connectivity index (χ1n) is 5.48. The fourth-order valence-electron chi connectivity index (χ4n) is 2.42. The van der Waals surface area contributed by atoms with Crippen LogP contribution in [0.25, 0.3) is 0 Å². The van der Waals surface area contributed by atoms with Crippen LogP contribution in [0.3, 0.4) is 0 Å². The zero-order valence-corrected chi connectivity index (χ0v) is 9.25. The van der Waals surface area contributed by atoms with E-state index in [9.17, 15) is 0 Å². The van der Waals surface area contributed by atoms with Gasteiger partial charge < -0.3 is 5.32 Å². The molecule has 76 valence electrons. The third kappa shape index (κ3) is 1.65. The molecule has 1 heteroatoms. The maximum atomic E-state index is 3.41. The summed E-state index contributed by atoms with van der Waals surface area (Å²) in [4.78, 5) is 0. The predicted octanol–water partition coefficient (Wildman–Crippen LogP) is 2.87. The molecule has 1 saturated carbocycles. The Morgan fingerprint density at radius 1 is 1.43 bits per heavy atom. The summed E-state index contributed by atoms with van der Waals surface area (Å²) in [6.07, 6.45) is 9.59. The zero-order valence-electron chi connectivity index (χ0n) is 9.25. The minimum atomic E-state index is 0.414. The first kappa shape index (κ1) is 9.61. The minimum Gasteiger partial charge on any atom is -0.388 e. The van der Waals surface area contributed by atoms with Gasteiger partial charge in [-0.25, -0.2) is 0 Å². The summed E-state index contributed by atoms with van der Waals surface area (Å²) in [6, 6.07) is 0.568. The van der Waals surface area contributed by atoms with Crippen LogP contribution in [0.2, 0.25) is 0 Å². The highest BCUT2D eigenvalue weighted by Crippen LogP contribution is 2.57. The first-order valence-corrected chi connectivity index (χ1v) is 5.48. The van der Waals surface area contributed by atoms with Crippen molar-refractivity contribution in [3.8, 4) is 0 Å². The Bertz CT molecular complexity index is 309. The van der Waals surface area contributed by atoms with Crippen LogP contribution in [0.15, 0.2) is 30.2 Å². The molecule has 14 heavy (non-hydrogen) atoms. The Morgan fingerprint density at radius 2 is 2.21 bits per heavy atom. The summed E-state index contributed by atoms with van der Waals surface area (Å²) < 4.78 is 0. The topological polar surface area (TPSA) is 12.0 Å². The average Bonchev–Trinajstić information content (AvgIpc) is 2.82. The van der Waals surface area contributed by atoms with Gasteiger partial charge in [0, 0.05) is 6.04 Å². The highest BCUT2D eigenvalue weighted by molar-refractivity contribution is 5.17. The van der Waals surface area contributed by atoms with E-state index in [2.05, 4.69) is 37.9 Å². The molecule has 0 aromatic heterocycles. The van der Waals surface area contributed by atoms with Crippen LogP contribution in [0.4, 0.5) is 0 Å². The van der Waals surface area contributed by atoms with Crippen molar-refractivity contribution in [2.24, 2.45) is 17.3 Å². The maximum absolute atomic E-state index is 3.41. The van der Waals surface area contributed by atoms with Crippen molar-refractivity contribution in [2.75, 3.05) is 0 Å². The summed E-state index contributed by atoms with van der Waals surface area (Å²) in [6.45, 7) is 6.95. The molecule has 0 radical (unpaired) electrons. The highest BCUT2D eigenvalue weighted by atomic mass is 14.9. The van der Waals surface area contributed by atoms with E-state index in [0.29, 0.717) is 11.5 Å². The molecule has 1 heterocycles. The van der Waals surface area contributed by atoms with Gasteiger partial charge in [0.15, 0.2) is 0 Å². The second-order valence-electron chi connectivity index (χ2n) is 4.97. The number of hydrogen-bond acceptors (Lipinski definition) is 1. The Balaban J connectivity index is 2.22. The van der Waals surface area contributed by atoms with E-state index in [1.54, 1.807) is 0 Å². The van der Waals surface area contributed by atoms with Crippen molar-refractivity contribution < 1.29 is 0 Å². The maximum Gasteiger partial charge on any atom is 0.0256 e. The molecule has 0 amide bonds. The van der Waals surface area contributed by atoms with Gasteiger partial charge in [0.25, 0.3) is 0 Å². The molecule has 4 atom stereocenters. The Labute approximate surface area is 86.6 Å². The summed E-state index contributed by atoms with van der Waals surface area (Å²) in [5.41, 5.74) is 3.66. The van der Waals surface area contributed by atoms with Crippen LogP contribution in [-0.4, -0.2) is 6.04 Å². The molecule has 2 aliphatic rings. The van der Waals surface area contributed by atoms with E-state index in [1.165, 1.54) is 6.42 Å². The Kier molecular flexibility index (Phi) is 2.28. The van der Waals surface area contributed by atoms with E-state index in [-0.39, 0.29) is 0 Å². The fourth-order valence-corrected chi connectivity index (χ4v) is 2.42. The summed E-state index contributed by atoms with van der Waals surface area (Å²) in [5, 5.41) is 3.41. The van der Waals surface area contributed by atoms with Crippen molar-refractivity contribution in [3.05, 3.63) is 30.2 Å². The van der Waals surface area contributed by atoms with Crippen LogP contribution >= 0.6 is 0 Å². The van der Waals surface area contributed by atoms with Gasteiger partial charge in [-0.05, 0) is 55.0 Å². The van der Waals surface area contributed by atoms with E-state index < -0.39 is 0 Å². The molecule has 4 unspecified atom stereocenters. The third-order valence-corrected chi connectivity index (χ3v) is 3.83. The standard InChI is InChI=1S/C13H19N/c1-10-11(2)14-8-6-4-5-7-13(3)9-12(10)13/h4,6-8,10-12,14H,9H2,1-3H3/b8-6+. The van der Waals surface area contributed by atoms with Crippen LogP contribution in [0.1, 0.15) is 27.2 Å². The molecular weight excluding hydrogens is 170 g/mol. The summed E-state index contributed by atoms with van der Waals surface area (Å²) in [7, 11) is 0. The van der Waals surface area contributed by atoms with Crippen molar-refractivity contribution in [1.29, 1.82) is 0 Å². The second kappa shape index (κ2) is 3.33. The van der Waals surface area contributed by atoms with Gasteiger partial charge in [-0.2, -0.15) is 0 Å². The summed E-state index contributed by atoms with van der Waals surface area (Å²) >= 11 is 0. The molecule has 1 aliphatic carbocycles. The van der Waals surface area contributed by atoms with Gasteiger partial charge in [-0.15, -0.1) is 5.73 Å². The highest BCUT2D eigenvalue weighted by Gasteiger charge is 2.51. The fraction of sp³-hybridized carbons (Fsp3) is 0.615. The van der Waals surface area contributed by atoms with Crippen LogP contribution in [0, 0.1) is 17.3 Å². The number of nitrogens with one attached hydrogen (secondary N) is 1. The van der Waals surface area contributed by atoms with Gasteiger partial charge >= 0.3 is 0 Å². The van der Waals surface area contributed by atoms with E-state index in [1.807, 2.05) is 18.4 Å². The average molecular weight is 189 g/mol. The van der Waals surface area contributed by atoms with Crippen molar-refractivity contribution in [3.63, 3.8) is 0 Å². The molecule has 0 aromatic carbocycles. The molecule has 1 aliphatic heterocycles. The number of allylic oxidation sites excluding steroid dienone is 2. The Hall–Kier alpha value is -0.940. The van der Waals surface area contributed by atoms with Gasteiger partial charge in [0.1, 0.15) is 0 Å². The molecule has 1 fully saturated rings. The predicted molar refractivity (Wildman–Crippen MR) is 59.8 cm³/mol. The van der Waals surface area contributed by atoms with E-state index in [0.717, 1.165) is 11.8 Å². The van der Waals surface area contributed by atoms with E-state index in [4.69, 9.17) is 0 Å². The molecule has 0 aromatic rings. The Morgan fingerprint density at radius 3 is 3.00 bits per heavy atom. The third-order valence-electron chi connectivity index (χ3n) is 3.83. The molecule has 0 bridgehead atoms. The van der Waals surface area contributed by atoms with Crippen LogP contribution in [-0.2, 0) is 0 Å². The lowest BCUT2D eigenvalue weighted by atomic mass is 9.92. The molecular formula is C13H19N. The van der Waals surface area contributed by atoms with Gasteiger partial charge in [-0.1, -0.05) is 13.8 Å². The molecule has 1 nitrogen and oxygen atoms in total. The number of fused-ring (bicyclic) bond motifs is 1. The quantitative estimate of drug-likeness (QED) is 0.578. The van der Waals surface area contributed by atoms with Gasteiger partial charge in [-0.3, -0.25) is 0 Å². The normalized spacial score (nSPS) is 47.8. The molecule has 0 saturated heterocycles. The molecule has 0 spiro atoms. The van der Waals surface area contributed by atoms with Crippen molar-refractivity contribution in [2.45, 2.75) is 33.2 Å². The lowest BCUT2D eigenvalue weighted by Crippen LogP contribution is -2.30. The van der Waals surface area contributed by atoms with Crippen LogP contribution in [0.5, 0.6) is 0 Å². The largest absolute Gasteiger partial charge is 0.388 e. The SMILES string of the molecule is CC1N/C=C/C=C=CC2(C)CC2C1C. The second-order valence-corrected chi connectivity index (χ2v) is 4.97.